The maximum Gasteiger partial charge on any atom is 0.388 e. The Hall–Kier alpha value is -2.85. The molecule has 0 unspecified atom stereocenters. The fourth-order valence-corrected chi connectivity index (χ4v) is 4.51. The molecule has 1 aliphatic carbocycles. The van der Waals surface area contributed by atoms with Crippen LogP contribution in [-0.4, -0.2) is 45.5 Å². The lowest BCUT2D eigenvalue weighted by Gasteiger charge is -2.30. The molecule has 0 spiro atoms. The lowest BCUT2D eigenvalue weighted by Crippen LogP contribution is -2.32. The number of aromatic nitrogens is 2. The Morgan fingerprint density at radius 1 is 1.42 bits per heavy atom. The third kappa shape index (κ3) is 6.14. The molecular formula is C23H25F2N5O2S. The number of aliphatic imine (C=N–C) groups is 1. The Bertz CT molecular complexity index is 1090. The van der Waals surface area contributed by atoms with Gasteiger partial charge in [0.25, 0.3) is 5.91 Å². The van der Waals surface area contributed by atoms with Crippen LogP contribution >= 0.6 is 11.8 Å². The van der Waals surface area contributed by atoms with Crippen molar-refractivity contribution in [2.24, 2.45) is 10.7 Å². The smallest absolute Gasteiger partial charge is 0.388 e. The molecule has 1 saturated carbocycles. The Balaban J connectivity index is 1.55. The fourth-order valence-electron chi connectivity index (χ4n) is 3.72. The Kier molecular flexibility index (Phi) is 7.34. The average Bonchev–Trinajstić information content (AvgIpc) is 3.60. The van der Waals surface area contributed by atoms with Crippen LogP contribution in [-0.2, 0) is 19.5 Å². The summed E-state index contributed by atoms with van der Waals surface area (Å²) in [4.78, 5) is 28.0. The van der Waals surface area contributed by atoms with Gasteiger partial charge in [-0.2, -0.15) is 8.78 Å². The quantitative estimate of drug-likeness (QED) is 0.437. The molecule has 4 rings (SSSR count). The number of halogens is 2. The number of hydrogen-bond acceptors (Lipinski definition) is 7. The van der Waals surface area contributed by atoms with Gasteiger partial charge in [0.05, 0.1) is 17.3 Å². The summed E-state index contributed by atoms with van der Waals surface area (Å²) in [6.07, 6.45) is 6.48. The summed E-state index contributed by atoms with van der Waals surface area (Å²) in [6.45, 7) is 0.815. The molecule has 7 nitrogen and oxygen atoms in total. The number of carbonyl (C=O) groups is 1. The number of hydrogen-bond donors (Lipinski definition) is 1. The molecule has 1 amide bonds. The molecule has 2 aliphatic rings. The maximum absolute atomic E-state index is 12.5. The molecule has 174 valence electrons. The van der Waals surface area contributed by atoms with Gasteiger partial charge in [0.1, 0.15) is 5.69 Å². The Labute approximate surface area is 195 Å². The van der Waals surface area contributed by atoms with Gasteiger partial charge in [0.2, 0.25) is 5.88 Å². The van der Waals surface area contributed by atoms with Gasteiger partial charge < -0.3 is 10.5 Å². The van der Waals surface area contributed by atoms with Gasteiger partial charge in [-0.05, 0) is 55.0 Å². The van der Waals surface area contributed by atoms with Crippen LogP contribution in [0.5, 0.6) is 5.88 Å². The molecule has 0 atom stereocenters. The van der Waals surface area contributed by atoms with E-state index in [2.05, 4.69) is 24.6 Å². The van der Waals surface area contributed by atoms with Gasteiger partial charge >= 0.3 is 6.61 Å². The number of nitrogens with two attached hydrogens (primary N) is 1. The van der Waals surface area contributed by atoms with Gasteiger partial charge in [-0.25, -0.2) is 9.97 Å². The second-order valence-corrected chi connectivity index (χ2v) is 8.83. The van der Waals surface area contributed by atoms with E-state index in [0.29, 0.717) is 19.1 Å². The summed E-state index contributed by atoms with van der Waals surface area (Å²) in [6, 6.07) is 5.48. The van der Waals surface area contributed by atoms with Crippen LogP contribution < -0.4 is 10.5 Å². The Morgan fingerprint density at radius 3 is 2.94 bits per heavy atom. The number of amides is 1. The molecule has 1 fully saturated rings. The molecular weight excluding hydrogens is 448 g/mol. The van der Waals surface area contributed by atoms with Crippen LogP contribution in [0.2, 0.25) is 0 Å². The normalized spacial score (nSPS) is 16.9. The van der Waals surface area contributed by atoms with E-state index < -0.39 is 12.5 Å². The number of ether oxygens (including phenoxy) is 1. The zero-order chi connectivity index (χ0) is 23.4. The number of primary amides is 1. The van der Waals surface area contributed by atoms with E-state index in [0.717, 1.165) is 53.1 Å². The molecule has 2 aromatic rings. The van der Waals surface area contributed by atoms with E-state index in [1.165, 1.54) is 24.0 Å². The molecule has 0 radical (unpaired) electrons. The SMILES string of the molecule is C/C=C(\SC=NC1CC1)c1cc(C(N)=O)nc2c1CCN(Cc1ccnc(OC(F)F)c1)C2. The van der Waals surface area contributed by atoms with E-state index in [1.54, 1.807) is 12.1 Å². The zero-order valence-electron chi connectivity index (χ0n) is 18.2. The van der Waals surface area contributed by atoms with Crippen molar-refractivity contribution in [3.05, 3.63) is 58.6 Å². The highest BCUT2D eigenvalue weighted by Crippen LogP contribution is 2.34. The standard InChI is InChI=1S/C23H25F2N5O2S/c1-2-20(33-13-28-15-3-4-15)17-10-18(22(26)31)29-19-12-30(8-6-16(17)19)11-14-5-7-27-21(9-14)32-23(24)25/h2,5,7,9-10,13,15,23H,3-4,6,8,11-12H2,1H3,(H2,26,31)/b20-2-,28-13?. The van der Waals surface area contributed by atoms with Crippen molar-refractivity contribution in [2.75, 3.05) is 6.54 Å². The molecule has 2 aromatic heterocycles. The van der Waals surface area contributed by atoms with Crippen molar-refractivity contribution >= 4 is 28.1 Å². The van der Waals surface area contributed by atoms with Crippen molar-refractivity contribution in [2.45, 2.75) is 51.9 Å². The molecule has 0 aromatic carbocycles. The van der Waals surface area contributed by atoms with Crippen molar-refractivity contribution in [3.63, 3.8) is 0 Å². The van der Waals surface area contributed by atoms with Crippen LogP contribution in [0.15, 0.2) is 35.5 Å². The molecule has 3 heterocycles. The molecule has 1 aliphatic heterocycles. The molecule has 10 heteroatoms. The predicted molar refractivity (Wildman–Crippen MR) is 124 cm³/mol. The monoisotopic (exact) mass is 473 g/mol. The Morgan fingerprint density at radius 2 is 2.24 bits per heavy atom. The van der Waals surface area contributed by atoms with Crippen LogP contribution in [0, 0.1) is 0 Å². The number of pyridine rings is 2. The highest BCUT2D eigenvalue weighted by atomic mass is 32.2. The van der Waals surface area contributed by atoms with Gasteiger partial charge in [0, 0.05) is 36.8 Å². The first-order chi connectivity index (χ1) is 15.9. The summed E-state index contributed by atoms with van der Waals surface area (Å²) in [5, 5.41) is 0. The van der Waals surface area contributed by atoms with E-state index in [9.17, 15) is 13.6 Å². The fraction of sp³-hybridized carbons (Fsp3) is 0.391. The van der Waals surface area contributed by atoms with Crippen molar-refractivity contribution < 1.29 is 18.3 Å². The summed E-state index contributed by atoms with van der Waals surface area (Å²) in [5.41, 5.74) is 11.3. The number of thioether (sulfide) groups is 1. The van der Waals surface area contributed by atoms with Crippen molar-refractivity contribution in [1.82, 2.24) is 14.9 Å². The molecule has 33 heavy (non-hydrogen) atoms. The van der Waals surface area contributed by atoms with Gasteiger partial charge in [-0.15, -0.1) is 0 Å². The van der Waals surface area contributed by atoms with Crippen LogP contribution in [0.4, 0.5) is 8.78 Å². The summed E-state index contributed by atoms with van der Waals surface area (Å²) in [7, 11) is 0. The first-order valence-corrected chi connectivity index (χ1v) is 11.6. The minimum absolute atomic E-state index is 0.112. The minimum atomic E-state index is -2.92. The van der Waals surface area contributed by atoms with Crippen LogP contribution in [0.3, 0.4) is 0 Å². The van der Waals surface area contributed by atoms with E-state index >= 15 is 0 Å². The number of carbonyl (C=O) groups excluding carboxylic acids is 1. The van der Waals surface area contributed by atoms with Gasteiger partial charge in [0.15, 0.2) is 0 Å². The first-order valence-electron chi connectivity index (χ1n) is 10.7. The lowest BCUT2D eigenvalue weighted by molar-refractivity contribution is -0.0529. The van der Waals surface area contributed by atoms with Crippen molar-refractivity contribution in [1.29, 1.82) is 0 Å². The highest BCUT2D eigenvalue weighted by molar-refractivity contribution is 8.20. The van der Waals surface area contributed by atoms with Crippen molar-refractivity contribution in [3.8, 4) is 5.88 Å². The molecule has 0 bridgehead atoms. The summed E-state index contributed by atoms with van der Waals surface area (Å²) in [5.74, 6) is -0.690. The number of nitrogens with zero attached hydrogens (tertiary/aromatic N) is 4. The van der Waals surface area contributed by atoms with Crippen LogP contribution in [0.25, 0.3) is 4.91 Å². The highest BCUT2D eigenvalue weighted by Gasteiger charge is 2.24. The van der Waals surface area contributed by atoms with Gasteiger partial charge in [-0.3, -0.25) is 14.7 Å². The van der Waals surface area contributed by atoms with E-state index in [1.807, 2.05) is 18.5 Å². The minimum Gasteiger partial charge on any atom is -0.417 e. The maximum atomic E-state index is 12.5. The third-order valence-electron chi connectivity index (χ3n) is 5.45. The third-order valence-corrected chi connectivity index (χ3v) is 6.39. The second kappa shape index (κ2) is 10.4. The number of fused-ring (bicyclic) bond motifs is 1. The van der Waals surface area contributed by atoms with E-state index in [4.69, 9.17) is 5.73 Å². The van der Waals surface area contributed by atoms with Crippen LogP contribution in [0.1, 0.15) is 52.6 Å². The molecule has 2 N–H and O–H groups in total. The van der Waals surface area contributed by atoms with Gasteiger partial charge in [-0.1, -0.05) is 17.8 Å². The summed E-state index contributed by atoms with van der Waals surface area (Å²) < 4.78 is 29.4. The largest absolute Gasteiger partial charge is 0.417 e. The van der Waals surface area contributed by atoms with E-state index in [-0.39, 0.29) is 11.6 Å². The topological polar surface area (TPSA) is 93.7 Å². The predicted octanol–water partition coefficient (Wildman–Crippen LogP) is 4.02. The number of rotatable bonds is 9. The number of alkyl halides is 2. The first kappa shape index (κ1) is 23.3. The lowest BCUT2D eigenvalue weighted by atomic mass is 9.97. The average molecular weight is 474 g/mol. The zero-order valence-corrected chi connectivity index (χ0v) is 19.0. The molecule has 0 saturated heterocycles. The second-order valence-electron chi connectivity index (χ2n) is 7.94. The number of allylic oxidation sites excluding steroid dienone is 1. The summed E-state index contributed by atoms with van der Waals surface area (Å²) >= 11 is 1.54.